The van der Waals surface area contributed by atoms with Gasteiger partial charge < -0.3 is 16.8 Å². The SMILES string of the molecule is CNc1c(N)nc(-c2nn(Cc3ccccc3F)c3ncccc23)nc1N. The maximum absolute atomic E-state index is 14.1. The highest BCUT2D eigenvalue weighted by molar-refractivity contribution is 5.90. The monoisotopic (exact) mass is 364 g/mol. The first kappa shape index (κ1) is 16.7. The summed E-state index contributed by atoms with van der Waals surface area (Å²) in [6, 6.07) is 10.2. The number of hydrogen-bond donors (Lipinski definition) is 3. The van der Waals surface area contributed by atoms with Gasteiger partial charge in [-0.1, -0.05) is 18.2 Å². The quantitative estimate of drug-likeness (QED) is 0.508. The van der Waals surface area contributed by atoms with Crippen LogP contribution in [-0.2, 0) is 6.54 Å². The molecular weight excluding hydrogens is 347 g/mol. The van der Waals surface area contributed by atoms with Crippen molar-refractivity contribution in [3.8, 4) is 11.5 Å². The first-order valence-electron chi connectivity index (χ1n) is 8.24. The Bertz CT molecular complexity index is 1110. The summed E-state index contributed by atoms with van der Waals surface area (Å²) in [5.41, 5.74) is 14.0. The molecule has 0 spiro atoms. The molecule has 0 bridgehead atoms. The highest BCUT2D eigenvalue weighted by atomic mass is 19.1. The molecular formula is C18H17FN8. The molecule has 27 heavy (non-hydrogen) atoms. The normalized spacial score (nSPS) is 11.0. The number of anilines is 3. The van der Waals surface area contributed by atoms with Gasteiger partial charge in [-0.2, -0.15) is 5.10 Å². The highest BCUT2D eigenvalue weighted by Gasteiger charge is 2.19. The number of hydrogen-bond acceptors (Lipinski definition) is 7. The summed E-state index contributed by atoms with van der Waals surface area (Å²) >= 11 is 0. The molecule has 0 saturated heterocycles. The number of pyridine rings is 1. The topological polar surface area (TPSA) is 121 Å². The summed E-state index contributed by atoms with van der Waals surface area (Å²) < 4.78 is 15.7. The molecule has 136 valence electrons. The molecule has 9 heteroatoms. The molecule has 1 aromatic carbocycles. The summed E-state index contributed by atoms with van der Waals surface area (Å²) in [5, 5.41) is 8.16. The Morgan fingerprint density at radius 2 is 1.81 bits per heavy atom. The lowest BCUT2D eigenvalue weighted by Crippen LogP contribution is -2.08. The predicted octanol–water partition coefficient (Wildman–Crippen LogP) is 2.28. The average Bonchev–Trinajstić information content (AvgIpc) is 3.02. The number of nitrogens with two attached hydrogens (primary N) is 2. The molecule has 0 atom stereocenters. The number of halogens is 1. The molecule has 0 aliphatic carbocycles. The molecule has 0 aliphatic heterocycles. The number of aromatic nitrogens is 5. The van der Waals surface area contributed by atoms with Crippen molar-refractivity contribution in [2.45, 2.75) is 6.54 Å². The molecule has 3 heterocycles. The minimum Gasteiger partial charge on any atom is -0.382 e. The van der Waals surface area contributed by atoms with Crippen LogP contribution in [0.1, 0.15) is 5.56 Å². The van der Waals surface area contributed by atoms with Crippen molar-refractivity contribution in [2.75, 3.05) is 23.8 Å². The maximum Gasteiger partial charge on any atom is 0.184 e. The second-order valence-corrected chi connectivity index (χ2v) is 5.91. The number of rotatable bonds is 4. The molecule has 4 aromatic rings. The van der Waals surface area contributed by atoms with Crippen molar-refractivity contribution in [1.29, 1.82) is 0 Å². The number of nitrogens with one attached hydrogen (secondary N) is 1. The predicted molar refractivity (Wildman–Crippen MR) is 102 cm³/mol. The van der Waals surface area contributed by atoms with Crippen LogP contribution in [0.15, 0.2) is 42.6 Å². The Labute approximate surface area is 154 Å². The van der Waals surface area contributed by atoms with E-state index in [-0.39, 0.29) is 29.8 Å². The molecule has 5 N–H and O–H groups in total. The minimum absolute atomic E-state index is 0.222. The zero-order chi connectivity index (χ0) is 19.0. The van der Waals surface area contributed by atoms with Crippen molar-refractivity contribution in [3.05, 3.63) is 54.0 Å². The third-order valence-corrected chi connectivity index (χ3v) is 4.21. The Hall–Kier alpha value is -3.75. The number of benzene rings is 1. The number of nitrogens with zero attached hydrogens (tertiary/aromatic N) is 5. The zero-order valence-electron chi connectivity index (χ0n) is 14.5. The third-order valence-electron chi connectivity index (χ3n) is 4.21. The van der Waals surface area contributed by atoms with Crippen molar-refractivity contribution in [1.82, 2.24) is 24.7 Å². The van der Waals surface area contributed by atoms with Gasteiger partial charge >= 0.3 is 0 Å². The molecule has 0 aliphatic rings. The zero-order valence-corrected chi connectivity index (χ0v) is 14.5. The molecule has 8 nitrogen and oxygen atoms in total. The Balaban J connectivity index is 1.87. The van der Waals surface area contributed by atoms with Crippen LogP contribution in [0, 0.1) is 5.82 Å². The second kappa shape index (κ2) is 6.52. The largest absolute Gasteiger partial charge is 0.382 e. The van der Waals surface area contributed by atoms with Gasteiger partial charge in [0.15, 0.2) is 23.1 Å². The fourth-order valence-electron chi connectivity index (χ4n) is 2.93. The molecule has 4 rings (SSSR count). The van der Waals surface area contributed by atoms with Gasteiger partial charge in [0.05, 0.1) is 11.9 Å². The van der Waals surface area contributed by atoms with Crippen LogP contribution in [0.2, 0.25) is 0 Å². The van der Waals surface area contributed by atoms with Gasteiger partial charge in [-0.15, -0.1) is 0 Å². The molecule has 0 fully saturated rings. The van der Waals surface area contributed by atoms with E-state index in [2.05, 4.69) is 25.4 Å². The molecule has 0 saturated carbocycles. The van der Waals surface area contributed by atoms with Crippen LogP contribution in [0.4, 0.5) is 21.7 Å². The standard InChI is InChI=1S/C18H17FN8/c1-22-14-15(20)24-17(25-16(14)21)13-11-6-4-8-23-18(11)27(26-13)9-10-5-2-3-7-12(10)19/h2-8,22H,9H2,1H3,(H4,20,21,24,25). The maximum atomic E-state index is 14.1. The van der Waals surface area contributed by atoms with E-state index in [0.29, 0.717) is 22.6 Å². The molecule has 0 radical (unpaired) electrons. The van der Waals surface area contributed by atoms with Crippen molar-refractivity contribution in [3.63, 3.8) is 0 Å². The molecule has 0 amide bonds. The Kier molecular flexibility index (Phi) is 4.03. The van der Waals surface area contributed by atoms with Gasteiger partial charge in [0, 0.05) is 18.8 Å². The van der Waals surface area contributed by atoms with Crippen LogP contribution in [0.3, 0.4) is 0 Å². The van der Waals surface area contributed by atoms with Crippen molar-refractivity contribution >= 4 is 28.4 Å². The van der Waals surface area contributed by atoms with Gasteiger partial charge in [-0.05, 0) is 18.2 Å². The molecule has 0 unspecified atom stereocenters. The fraction of sp³-hybridized carbons (Fsp3) is 0.111. The summed E-state index contributed by atoms with van der Waals surface area (Å²) in [4.78, 5) is 13.0. The first-order valence-corrected chi connectivity index (χ1v) is 8.24. The van der Waals surface area contributed by atoms with Crippen LogP contribution >= 0.6 is 0 Å². The Morgan fingerprint density at radius 3 is 2.52 bits per heavy atom. The highest BCUT2D eigenvalue weighted by Crippen LogP contribution is 2.29. The van der Waals surface area contributed by atoms with E-state index in [0.717, 1.165) is 5.39 Å². The van der Waals surface area contributed by atoms with E-state index in [9.17, 15) is 4.39 Å². The molecule has 3 aromatic heterocycles. The van der Waals surface area contributed by atoms with Gasteiger partial charge in [-0.3, -0.25) is 0 Å². The van der Waals surface area contributed by atoms with Gasteiger partial charge in [0.2, 0.25) is 0 Å². The summed E-state index contributed by atoms with van der Waals surface area (Å²) in [6.45, 7) is 0.222. The average molecular weight is 364 g/mol. The summed E-state index contributed by atoms with van der Waals surface area (Å²) in [5.74, 6) is 0.428. The smallest absolute Gasteiger partial charge is 0.184 e. The van der Waals surface area contributed by atoms with E-state index in [4.69, 9.17) is 11.5 Å². The van der Waals surface area contributed by atoms with Crippen LogP contribution in [0.5, 0.6) is 0 Å². The summed E-state index contributed by atoms with van der Waals surface area (Å²) in [7, 11) is 1.69. The third kappa shape index (κ3) is 2.88. The van der Waals surface area contributed by atoms with E-state index in [1.54, 1.807) is 42.2 Å². The number of fused-ring (bicyclic) bond motifs is 1. The first-order chi connectivity index (χ1) is 13.1. The fourth-order valence-corrected chi connectivity index (χ4v) is 2.93. The van der Waals surface area contributed by atoms with E-state index in [1.807, 2.05) is 6.07 Å². The lowest BCUT2D eigenvalue weighted by molar-refractivity contribution is 0.589. The second-order valence-electron chi connectivity index (χ2n) is 5.91. The van der Waals surface area contributed by atoms with Crippen LogP contribution in [0.25, 0.3) is 22.6 Å². The van der Waals surface area contributed by atoms with Crippen LogP contribution in [-0.4, -0.2) is 31.8 Å². The van der Waals surface area contributed by atoms with Crippen molar-refractivity contribution in [2.24, 2.45) is 0 Å². The number of nitrogen functional groups attached to an aromatic ring is 2. The van der Waals surface area contributed by atoms with E-state index < -0.39 is 0 Å². The van der Waals surface area contributed by atoms with Crippen molar-refractivity contribution < 1.29 is 4.39 Å². The van der Waals surface area contributed by atoms with E-state index in [1.165, 1.54) is 6.07 Å². The lowest BCUT2D eigenvalue weighted by atomic mass is 10.2. The minimum atomic E-state index is -0.304. The summed E-state index contributed by atoms with van der Waals surface area (Å²) in [6.07, 6.45) is 1.65. The van der Waals surface area contributed by atoms with Crippen LogP contribution < -0.4 is 16.8 Å². The Morgan fingerprint density at radius 1 is 1.07 bits per heavy atom. The van der Waals surface area contributed by atoms with Gasteiger partial charge in [0.1, 0.15) is 17.2 Å². The van der Waals surface area contributed by atoms with Gasteiger partial charge in [0.25, 0.3) is 0 Å². The van der Waals surface area contributed by atoms with Gasteiger partial charge in [-0.25, -0.2) is 24.0 Å². The lowest BCUT2D eigenvalue weighted by Gasteiger charge is -2.08. The van der Waals surface area contributed by atoms with E-state index >= 15 is 0 Å².